The van der Waals surface area contributed by atoms with Gasteiger partial charge in [0.05, 0.1) is 19.8 Å². The summed E-state index contributed by atoms with van der Waals surface area (Å²) in [6, 6.07) is 11.5. The molecule has 0 bridgehead atoms. The summed E-state index contributed by atoms with van der Waals surface area (Å²) < 4.78 is 10.0. The molecule has 0 aliphatic heterocycles. The molecule has 0 aromatic heterocycles. The molecule has 0 spiro atoms. The predicted octanol–water partition coefficient (Wildman–Crippen LogP) is 2.21. The number of hydrogen-bond acceptors (Lipinski definition) is 4. The van der Waals surface area contributed by atoms with E-state index in [0.717, 1.165) is 5.56 Å². The molecule has 0 N–H and O–H groups in total. The highest BCUT2D eigenvalue weighted by molar-refractivity contribution is 5.92. The minimum absolute atomic E-state index is 0.0435. The highest BCUT2D eigenvalue weighted by Gasteiger charge is 2.10. The monoisotopic (exact) mass is 245 g/mol. The fraction of sp³-hybridized carbons (Fsp3) is 0.286. The highest BCUT2D eigenvalue weighted by atomic mass is 16.5. The number of methoxy groups -OCH3 is 1. The minimum Gasteiger partial charge on any atom is -0.465 e. The molecule has 0 saturated carbocycles. The number of nitrogens with zero attached hydrogens (tertiary/aromatic N) is 1. The van der Waals surface area contributed by atoms with Crippen LogP contribution in [0.5, 0.6) is 0 Å². The molecule has 18 heavy (non-hydrogen) atoms. The third kappa shape index (κ3) is 4.40. The number of ether oxygens (including phenoxy) is 2. The summed E-state index contributed by atoms with van der Waals surface area (Å²) in [5, 5.41) is 8.79. The Morgan fingerprint density at radius 3 is 2.67 bits per heavy atom. The van der Waals surface area contributed by atoms with Gasteiger partial charge in [-0.3, -0.25) is 0 Å². The third-order valence-electron chi connectivity index (χ3n) is 2.28. The Kier molecular flexibility index (Phi) is 5.62. The fourth-order valence-corrected chi connectivity index (χ4v) is 1.35. The lowest BCUT2D eigenvalue weighted by atomic mass is 10.2. The Balaban J connectivity index is 2.56. The van der Waals surface area contributed by atoms with E-state index < -0.39 is 5.97 Å². The molecule has 4 heteroatoms. The number of benzene rings is 1. The fourth-order valence-electron chi connectivity index (χ4n) is 1.35. The average molecular weight is 245 g/mol. The normalized spacial score (nSPS) is 12.6. The first-order valence-electron chi connectivity index (χ1n) is 5.53. The largest absolute Gasteiger partial charge is 0.465 e. The Labute approximate surface area is 106 Å². The van der Waals surface area contributed by atoms with Gasteiger partial charge < -0.3 is 9.47 Å². The summed E-state index contributed by atoms with van der Waals surface area (Å²) in [5.74, 6) is -0.646. The van der Waals surface area contributed by atoms with Gasteiger partial charge in [-0.2, -0.15) is 5.26 Å². The molecular weight excluding hydrogens is 230 g/mol. The van der Waals surface area contributed by atoms with Crippen LogP contribution in [0.25, 0.3) is 0 Å². The summed E-state index contributed by atoms with van der Waals surface area (Å²) >= 11 is 0. The van der Waals surface area contributed by atoms with Crippen LogP contribution in [0.15, 0.2) is 42.0 Å². The van der Waals surface area contributed by atoms with E-state index in [-0.39, 0.29) is 11.7 Å². The Morgan fingerprint density at radius 1 is 1.44 bits per heavy atom. The van der Waals surface area contributed by atoms with Gasteiger partial charge in [-0.05, 0) is 18.6 Å². The maximum atomic E-state index is 11.2. The number of hydrogen-bond donors (Lipinski definition) is 0. The molecule has 94 valence electrons. The van der Waals surface area contributed by atoms with Crippen LogP contribution in [0.1, 0.15) is 12.5 Å². The van der Waals surface area contributed by atoms with E-state index in [1.165, 1.54) is 13.2 Å². The summed E-state index contributed by atoms with van der Waals surface area (Å²) in [4.78, 5) is 11.2. The van der Waals surface area contributed by atoms with Crippen molar-refractivity contribution in [3.8, 4) is 6.07 Å². The number of carbonyl (C=O) groups excluding carboxylic acids is 1. The molecule has 1 aromatic rings. The number of esters is 1. The second-order valence-corrected chi connectivity index (χ2v) is 3.69. The quantitative estimate of drug-likeness (QED) is 0.453. The highest BCUT2D eigenvalue weighted by Crippen LogP contribution is 2.06. The maximum absolute atomic E-state index is 11.2. The molecule has 0 aliphatic rings. The van der Waals surface area contributed by atoms with Crippen LogP contribution in [0.4, 0.5) is 0 Å². The molecule has 4 nitrogen and oxygen atoms in total. The van der Waals surface area contributed by atoms with Gasteiger partial charge in [0.1, 0.15) is 11.6 Å². The van der Waals surface area contributed by atoms with Crippen LogP contribution >= 0.6 is 0 Å². The third-order valence-corrected chi connectivity index (χ3v) is 2.28. The summed E-state index contributed by atoms with van der Waals surface area (Å²) in [6.45, 7) is 2.20. The van der Waals surface area contributed by atoms with Gasteiger partial charge in [-0.25, -0.2) is 4.79 Å². The van der Waals surface area contributed by atoms with Gasteiger partial charge in [0.25, 0.3) is 0 Å². The summed E-state index contributed by atoms with van der Waals surface area (Å²) in [5.41, 5.74) is 0.993. The van der Waals surface area contributed by atoms with Gasteiger partial charge in [0, 0.05) is 0 Å². The summed E-state index contributed by atoms with van der Waals surface area (Å²) in [6.07, 6.45) is 1.12. The van der Waals surface area contributed by atoms with Gasteiger partial charge in [0.2, 0.25) is 0 Å². The van der Waals surface area contributed by atoms with Crippen LogP contribution in [-0.4, -0.2) is 19.2 Å². The van der Waals surface area contributed by atoms with Crippen molar-refractivity contribution >= 4 is 5.97 Å². The number of nitriles is 1. The molecule has 1 aromatic carbocycles. The molecule has 0 amide bonds. The molecule has 0 unspecified atom stereocenters. The van der Waals surface area contributed by atoms with E-state index in [1.807, 2.05) is 30.3 Å². The van der Waals surface area contributed by atoms with E-state index in [9.17, 15) is 4.79 Å². The van der Waals surface area contributed by atoms with Gasteiger partial charge >= 0.3 is 5.97 Å². The predicted molar refractivity (Wildman–Crippen MR) is 66.4 cm³/mol. The Morgan fingerprint density at radius 2 is 2.11 bits per heavy atom. The molecule has 0 heterocycles. The molecular formula is C14H15NO3. The lowest BCUT2D eigenvalue weighted by Gasteiger charge is -2.09. The molecule has 1 atom stereocenters. The van der Waals surface area contributed by atoms with E-state index in [2.05, 4.69) is 4.74 Å². The zero-order chi connectivity index (χ0) is 13.4. The zero-order valence-corrected chi connectivity index (χ0v) is 10.4. The smallest absolute Gasteiger partial charge is 0.348 e. The van der Waals surface area contributed by atoms with Crippen molar-refractivity contribution in [1.82, 2.24) is 0 Å². The first kappa shape index (κ1) is 13.9. The number of rotatable bonds is 5. The standard InChI is InChI=1S/C14H15NO3/c1-11(8-13(9-15)14(16)17-2)18-10-12-6-4-3-5-7-12/h3-8,11H,10H2,1-2H3/b13-8+/t11-/m0/s1. The molecule has 0 aliphatic carbocycles. The van der Waals surface area contributed by atoms with Crippen LogP contribution in [0, 0.1) is 11.3 Å². The van der Waals surface area contributed by atoms with Gasteiger partial charge in [-0.15, -0.1) is 0 Å². The molecule has 1 rings (SSSR count). The van der Waals surface area contributed by atoms with Crippen molar-refractivity contribution in [2.75, 3.05) is 7.11 Å². The van der Waals surface area contributed by atoms with Gasteiger partial charge in [-0.1, -0.05) is 30.3 Å². The van der Waals surface area contributed by atoms with E-state index >= 15 is 0 Å². The lowest BCUT2D eigenvalue weighted by molar-refractivity contribution is -0.135. The van der Waals surface area contributed by atoms with Crippen molar-refractivity contribution in [3.63, 3.8) is 0 Å². The van der Waals surface area contributed by atoms with Crippen LogP contribution in [0.3, 0.4) is 0 Å². The topological polar surface area (TPSA) is 59.3 Å². The Bertz CT molecular complexity index is 460. The minimum atomic E-state index is -0.646. The lowest BCUT2D eigenvalue weighted by Crippen LogP contribution is -2.10. The van der Waals surface area contributed by atoms with Gasteiger partial charge in [0.15, 0.2) is 0 Å². The molecule has 0 radical (unpaired) electrons. The van der Waals surface area contributed by atoms with Crippen molar-refractivity contribution in [1.29, 1.82) is 5.26 Å². The van der Waals surface area contributed by atoms with Crippen molar-refractivity contribution in [2.24, 2.45) is 0 Å². The zero-order valence-electron chi connectivity index (χ0n) is 10.4. The van der Waals surface area contributed by atoms with Crippen LogP contribution in [-0.2, 0) is 20.9 Å². The van der Waals surface area contributed by atoms with E-state index in [0.29, 0.717) is 6.61 Å². The second kappa shape index (κ2) is 7.25. The molecule has 0 saturated heterocycles. The second-order valence-electron chi connectivity index (χ2n) is 3.69. The van der Waals surface area contributed by atoms with Crippen molar-refractivity contribution in [3.05, 3.63) is 47.5 Å². The van der Waals surface area contributed by atoms with Crippen LogP contribution < -0.4 is 0 Å². The molecule has 0 fully saturated rings. The number of carbonyl (C=O) groups is 1. The SMILES string of the molecule is COC(=O)/C(C#N)=C/[C@H](C)OCc1ccccc1. The van der Waals surface area contributed by atoms with Crippen LogP contribution in [0.2, 0.25) is 0 Å². The van der Waals surface area contributed by atoms with E-state index in [4.69, 9.17) is 10.00 Å². The van der Waals surface area contributed by atoms with Crippen molar-refractivity contribution in [2.45, 2.75) is 19.6 Å². The average Bonchev–Trinajstić information content (AvgIpc) is 2.42. The maximum Gasteiger partial charge on any atom is 0.348 e. The first-order valence-corrected chi connectivity index (χ1v) is 5.53. The Hall–Kier alpha value is -2.12. The van der Waals surface area contributed by atoms with Crippen molar-refractivity contribution < 1.29 is 14.3 Å². The van der Waals surface area contributed by atoms with E-state index in [1.54, 1.807) is 13.0 Å². The first-order chi connectivity index (χ1) is 8.67. The summed E-state index contributed by atoms with van der Waals surface area (Å²) in [7, 11) is 1.24.